The summed E-state index contributed by atoms with van der Waals surface area (Å²) in [6.45, 7) is 5.65. The van der Waals surface area contributed by atoms with Crippen molar-refractivity contribution >= 4 is 34.2 Å². The van der Waals surface area contributed by atoms with Crippen molar-refractivity contribution < 1.29 is 9.53 Å². The average molecular weight is 401 g/mol. The number of benzene rings is 1. The summed E-state index contributed by atoms with van der Waals surface area (Å²) in [7, 11) is 2.99. The molecule has 0 aliphatic carbocycles. The van der Waals surface area contributed by atoms with Gasteiger partial charge in [-0.3, -0.25) is 9.36 Å². The van der Waals surface area contributed by atoms with E-state index in [4.69, 9.17) is 16.3 Å². The van der Waals surface area contributed by atoms with Crippen LogP contribution < -0.4 is 10.9 Å². The molecule has 7 nitrogen and oxygen atoms in total. The third-order valence-corrected chi connectivity index (χ3v) is 4.87. The Morgan fingerprint density at radius 3 is 2.64 bits per heavy atom. The molecule has 1 aromatic carbocycles. The summed E-state index contributed by atoms with van der Waals surface area (Å²) in [4.78, 5) is 33.4. The molecule has 0 bridgehead atoms. The number of carbonyl (C=O) groups is 1. The molecule has 0 saturated heterocycles. The summed E-state index contributed by atoms with van der Waals surface area (Å²) < 4.78 is 6.33. The van der Waals surface area contributed by atoms with Gasteiger partial charge in [-0.05, 0) is 44.5 Å². The van der Waals surface area contributed by atoms with Crippen LogP contribution in [0.2, 0.25) is 5.15 Å². The van der Waals surface area contributed by atoms with Crippen molar-refractivity contribution in [2.45, 2.75) is 26.8 Å². The fourth-order valence-corrected chi connectivity index (χ4v) is 3.25. The predicted octanol–water partition coefficient (Wildman–Crippen LogP) is 3.56. The minimum atomic E-state index is -0.589. The van der Waals surface area contributed by atoms with E-state index < -0.39 is 5.97 Å². The Morgan fingerprint density at radius 1 is 1.25 bits per heavy atom. The number of ether oxygens (including phenoxy) is 1. The second kappa shape index (κ2) is 7.59. The zero-order valence-electron chi connectivity index (χ0n) is 16.3. The number of fused-ring (bicyclic) bond motifs is 1. The van der Waals surface area contributed by atoms with Gasteiger partial charge in [0.2, 0.25) is 0 Å². The lowest BCUT2D eigenvalue weighted by molar-refractivity contribution is 0.0595. The zero-order chi connectivity index (χ0) is 20.6. The van der Waals surface area contributed by atoms with E-state index in [1.54, 1.807) is 26.1 Å². The van der Waals surface area contributed by atoms with Gasteiger partial charge in [0.15, 0.2) is 5.69 Å². The number of methoxy groups -OCH3 is 1. The van der Waals surface area contributed by atoms with Crippen molar-refractivity contribution in [1.82, 2.24) is 14.5 Å². The fourth-order valence-electron chi connectivity index (χ4n) is 3.10. The third-order valence-electron chi connectivity index (χ3n) is 4.66. The Balaban J connectivity index is 2.12. The van der Waals surface area contributed by atoms with Crippen molar-refractivity contribution in [2.24, 2.45) is 7.05 Å². The molecule has 1 atom stereocenters. The maximum atomic E-state index is 12.7. The summed E-state index contributed by atoms with van der Waals surface area (Å²) in [5.74, 6) is 0.0346. The van der Waals surface area contributed by atoms with Crippen molar-refractivity contribution in [3.8, 4) is 0 Å². The van der Waals surface area contributed by atoms with E-state index in [2.05, 4.69) is 15.3 Å². The summed E-state index contributed by atoms with van der Waals surface area (Å²) in [6, 6.07) is 6.83. The van der Waals surface area contributed by atoms with E-state index in [0.29, 0.717) is 22.4 Å². The lowest BCUT2D eigenvalue weighted by Gasteiger charge is -2.20. The molecule has 0 fully saturated rings. The fraction of sp³-hybridized carbons (Fsp3) is 0.300. The van der Waals surface area contributed by atoms with E-state index in [9.17, 15) is 9.59 Å². The molecule has 0 saturated carbocycles. The molecule has 3 aromatic rings. The first kappa shape index (κ1) is 19.8. The van der Waals surface area contributed by atoms with Crippen LogP contribution in [0.4, 0.5) is 5.69 Å². The first-order chi connectivity index (χ1) is 13.2. The van der Waals surface area contributed by atoms with Gasteiger partial charge < -0.3 is 10.1 Å². The molecule has 3 rings (SSSR count). The van der Waals surface area contributed by atoms with Crippen LogP contribution in [-0.4, -0.2) is 27.6 Å². The molecule has 0 aliphatic heterocycles. The van der Waals surface area contributed by atoms with Crippen LogP contribution in [0.25, 0.3) is 10.9 Å². The number of anilines is 1. The van der Waals surface area contributed by atoms with Crippen molar-refractivity contribution in [3.05, 3.63) is 62.4 Å². The van der Waals surface area contributed by atoms with Gasteiger partial charge in [-0.25, -0.2) is 14.8 Å². The van der Waals surface area contributed by atoms with Crippen molar-refractivity contribution in [1.29, 1.82) is 0 Å². The SMILES string of the molecule is COC(=O)c1nc(Cl)ccc1N[C@H](C)c1cc(C)cc2c(=O)n(C)c(C)nc12. The van der Waals surface area contributed by atoms with Crippen LogP contribution >= 0.6 is 11.6 Å². The first-order valence-electron chi connectivity index (χ1n) is 8.72. The van der Waals surface area contributed by atoms with Gasteiger partial charge in [-0.15, -0.1) is 0 Å². The Kier molecular flexibility index (Phi) is 5.38. The maximum absolute atomic E-state index is 12.7. The number of hydrogen-bond acceptors (Lipinski definition) is 6. The molecule has 8 heteroatoms. The van der Waals surface area contributed by atoms with Crippen molar-refractivity contribution in [3.63, 3.8) is 0 Å². The van der Waals surface area contributed by atoms with Gasteiger partial charge in [0.1, 0.15) is 11.0 Å². The maximum Gasteiger partial charge on any atom is 0.358 e. The molecular formula is C20H21ClN4O3. The standard InChI is InChI=1S/C20H21ClN4O3/c1-10-8-13(17-14(9-10)19(26)25(4)12(3)23-17)11(2)22-15-6-7-16(21)24-18(15)20(27)28-5/h6-9,11,22H,1-5H3/t11-/m1/s1. The number of nitrogens with one attached hydrogen (secondary N) is 1. The number of nitrogens with zero attached hydrogens (tertiary/aromatic N) is 3. The highest BCUT2D eigenvalue weighted by molar-refractivity contribution is 6.29. The largest absolute Gasteiger partial charge is 0.464 e. The average Bonchev–Trinajstić information content (AvgIpc) is 2.67. The highest BCUT2D eigenvalue weighted by Gasteiger charge is 2.19. The van der Waals surface area contributed by atoms with Crippen molar-refractivity contribution in [2.75, 3.05) is 12.4 Å². The van der Waals surface area contributed by atoms with E-state index in [1.165, 1.54) is 11.7 Å². The normalized spacial score (nSPS) is 12.1. The van der Waals surface area contributed by atoms with E-state index in [0.717, 1.165) is 11.1 Å². The molecule has 146 valence electrons. The lowest BCUT2D eigenvalue weighted by atomic mass is 10.0. The predicted molar refractivity (Wildman–Crippen MR) is 109 cm³/mol. The van der Waals surface area contributed by atoms with Crippen LogP contribution in [0, 0.1) is 13.8 Å². The Labute approximate surface area is 167 Å². The number of carbonyl (C=O) groups excluding carboxylic acids is 1. The number of pyridine rings is 1. The van der Waals surface area contributed by atoms with Crippen LogP contribution in [-0.2, 0) is 11.8 Å². The molecule has 0 spiro atoms. The van der Waals surface area contributed by atoms with Gasteiger partial charge in [0.25, 0.3) is 5.56 Å². The van der Waals surface area contributed by atoms with Gasteiger partial charge in [-0.2, -0.15) is 0 Å². The quantitative estimate of drug-likeness (QED) is 0.532. The highest BCUT2D eigenvalue weighted by atomic mass is 35.5. The van der Waals surface area contributed by atoms with Gasteiger partial charge in [-0.1, -0.05) is 17.7 Å². The van der Waals surface area contributed by atoms with E-state index >= 15 is 0 Å². The summed E-state index contributed by atoms with van der Waals surface area (Å²) >= 11 is 5.93. The summed E-state index contributed by atoms with van der Waals surface area (Å²) in [5, 5.41) is 4.02. The number of aryl methyl sites for hydroxylation is 2. The molecule has 0 amide bonds. The minimum Gasteiger partial charge on any atom is -0.464 e. The molecular weight excluding hydrogens is 380 g/mol. The Hall–Kier alpha value is -2.93. The molecule has 28 heavy (non-hydrogen) atoms. The first-order valence-corrected chi connectivity index (χ1v) is 9.10. The van der Waals surface area contributed by atoms with Crippen LogP contribution in [0.5, 0.6) is 0 Å². The molecule has 1 N–H and O–H groups in total. The number of aromatic nitrogens is 3. The lowest BCUT2D eigenvalue weighted by Crippen LogP contribution is -2.22. The molecule has 0 aliphatic rings. The molecule has 2 heterocycles. The van der Waals surface area contributed by atoms with Gasteiger partial charge >= 0.3 is 5.97 Å². The summed E-state index contributed by atoms with van der Waals surface area (Å²) in [6.07, 6.45) is 0. The molecule has 0 radical (unpaired) electrons. The monoisotopic (exact) mass is 400 g/mol. The smallest absolute Gasteiger partial charge is 0.358 e. The number of esters is 1. The topological polar surface area (TPSA) is 86.1 Å². The van der Waals surface area contributed by atoms with E-state index in [-0.39, 0.29) is 22.4 Å². The number of hydrogen-bond donors (Lipinski definition) is 1. The number of rotatable bonds is 4. The van der Waals surface area contributed by atoms with Gasteiger partial charge in [0.05, 0.1) is 29.7 Å². The molecule has 2 aromatic heterocycles. The second-order valence-corrected chi connectivity index (χ2v) is 7.05. The minimum absolute atomic E-state index is 0.0944. The molecule has 0 unspecified atom stereocenters. The van der Waals surface area contributed by atoms with Crippen LogP contribution in [0.1, 0.15) is 40.4 Å². The second-order valence-electron chi connectivity index (χ2n) is 6.66. The van der Waals surface area contributed by atoms with E-state index in [1.807, 2.05) is 26.0 Å². The summed E-state index contributed by atoms with van der Waals surface area (Å²) in [5.41, 5.74) is 2.91. The van der Waals surface area contributed by atoms with Crippen LogP contribution in [0.3, 0.4) is 0 Å². The zero-order valence-corrected chi connectivity index (χ0v) is 17.1. The Bertz CT molecular complexity index is 1140. The number of halogens is 1. The Morgan fingerprint density at radius 2 is 1.96 bits per heavy atom. The van der Waals surface area contributed by atoms with Gasteiger partial charge in [0, 0.05) is 12.6 Å². The van der Waals surface area contributed by atoms with Crippen LogP contribution in [0.15, 0.2) is 29.1 Å². The third kappa shape index (κ3) is 3.57. The highest BCUT2D eigenvalue weighted by Crippen LogP contribution is 2.28.